The average Bonchev–Trinajstić information content (AvgIpc) is 3.43. The number of nitrogens with zero attached hydrogens (tertiary/aromatic N) is 4. The van der Waals surface area contributed by atoms with Gasteiger partial charge in [0.15, 0.2) is 0 Å². The summed E-state index contributed by atoms with van der Waals surface area (Å²) in [6, 6.07) is 8.09. The fourth-order valence-electron chi connectivity index (χ4n) is 6.69. The Bertz CT molecular complexity index is 1630. The quantitative estimate of drug-likeness (QED) is 0.374. The molecule has 0 radical (unpaired) electrons. The lowest BCUT2D eigenvalue weighted by Gasteiger charge is -2.41. The number of benzene rings is 2. The number of alkyl halides is 3. The number of carbonyl (C=O) groups excluding carboxylic acids is 3. The molecule has 0 aliphatic carbocycles. The van der Waals surface area contributed by atoms with Crippen LogP contribution in [0.4, 0.5) is 17.6 Å². The first-order valence-electron chi connectivity index (χ1n) is 15.2. The van der Waals surface area contributed by atoms with Crippen molar-refractivity contribution in [1.82, 2.24) is 35.5 Å². The second-order valence-corrected chi connectivity index (χ2v) is 12.2. The van der Waals surface area contributed by atoms with Crippen molar-refractivity contribution in [3.05, 3.63) is 64.7 Å². The van der Waals surface area contributed by atoms with Gasteiger partial charge in [0.25, 0.3) is 11.8 Å². The van der Waals surface area contributed by atoms with E-state index in [1.54, 1.807) is 26.0 Å². The third kappa shape index (κ3) is 6.00. The van der Waals surface area contributed by atoms with Gasteiger partial charge in [0.2, 0.25) is 11.7 Å². The molecule has 0 spiro atoms. The van der Waals surface area contributed by atoms with Crippen molar-refractivity contribution in [2.24, 2.45) is 5.92 Å². The van der Waals surface area contributed by atoms with Crippen molar-refractivity contribution in [1.29, 1.82) is 0 Å². The van der Waals surface area contributed by atoms with Crippen LogP contribution in [0.5, 0.6) is 0 Å². The lowest BCUT2D eigenvalue weighted by molar-refractivity contribution is -0.147. The van der Waals surface area contributed by atoms with Crippen LogP contribution in [-0.4, -0.2) is 81.9 Å². The van der Waals surface area contributed by atoms with E-state index in [9.17, 15) is 31.9 Å². The summed E-state index contributed by atoms with van der Waals surface area (Å²) in [5.74, 6) is -2.73. The van der Waals surface area contributed by atoms with Crippen LogP contribution < -0.4 is 16.2 Å². The third-order valence-corrected chi connectivity index (χ3v) is 8.93. The molecule has 6 rings (SSSR count). The standard InChI is InChI=1S/C31H35F4N7O3/c1-17(2)42-25-8-6-19(16-23(25)37-30(42)31(33,34)35)28(44)40-10-12-41(13-11-40)29(45)21-14-18(5-7-22(21)32)15-24-26-20(4-3-9-36-26)27(43)39-38-24/h5-8,14,16-17,20,24,26,36,38H,3-4,9-13,15H2,1-2H3,(H,39,43). The molecule has 3 aliphatic rings. The van der Waals surface area contributed by atoms with Gasteiger partial charge in [0.1, 0.15) is 5.82 Å². The van der Waals surface area contributed by atoms with Crippen molar-refractivity contribution in [3.63, 3.8) is 0 Å². The summed E-state index contributed by atoms with van der Waals surface area (Å²) in [5.41, 5.74) is 7.04. The van der Waals surface area contributed by atoms with Crippen LogP contribution in [0.25, 0.3) is 11.0 Å². The zero-order valence-corrected chi connectivity index (χ0v) is 25.0. The third-order valence-electron chi connectivity index (χ3n) is 8.93. The largest absolute Gasteiger partial charge is 0.449 e. The number of halogens is 4. The highest BCUT2D eigenvalue weighted by Crippen LogP contribution is 2.34. The Morgan fingerprint density at radius 3 is 2.42 bits per heavy atom. The molecule has 45 heavy (non-hydrogen) atoms. The highest BCUT2D eigenvalue weighted by Gasteiger charge is 2.40. The maximum atomic E-state index is 14.9. The highest BCUT2D eigenvalue weighted by molar-refractivity contribution is 5.98. The SMILES string of the molecule is CC(C)n1c(C(F)(F)F)nc2cc(C(=O)N3CCN(C(=O)c4cc(CC5NNC(=O)C6CCCNC56)ccc4F)CC3)ccc21. The molecule has 240 valence electrons. The first kappa shape index (κ1) is 31.0. The Balaban J connectivity index is 1.12. The first-order chi connectivity index (χ1) is 21.4. The number of fused-ring (bicyclic) bond motifs is 2. The number of hydrogen-bond acceptors (Lipinski definition) is 6. The van der Waals surface area contributed by atoms with Gasteiger partial charge in [-0.3, -0.25) is 19.8 Å². The number of hydrazine groups is 1. The van der Waals surface area contributed by atoms with Gasteiger partial charge in [0, 0.05) is 49.9 Å². The molecular formula is C31H35F4N7O3. The van der Waals surface area contributed by atoms with E-state index >= 15 is 0 Å². The summed E-state index contributed by atoms with van der Waals surface area (Å²) in [6.07, 6.45) is -2.46. The molecule has 4 heterocycles. The second kappa shape index (κ2) is 12.0. The number of carbonyl (C=O) groups is 3. The summed E-state index contributed by atoms with van der Waals surface area (Å²) < 4.78 is 56.9. The van der Waals surface area contributed by atoms with E-state index in [1.165, 1.54) is 34.1 Å². The van der Waals surface area contributed by atoms with Crippen molar-refractivity contribution < 1.29 is 31.9 Å². The maximum absolute atomic E-state index is 14.9. The number of imidazole rings is 1. The summed E-state index contributed by atoms with van der Waals surface area (Å²) >= 11 is 0. The zero-order chi connectivity index (χ0) is 32.0. The van der Waals surface area contributed by atoms with Gasteiger partial charge in [-0.1, -0.05) is 6.07 Å². The monoisotopic (exact) mass is 629 g/mol. The second-order valence-electron chi connectivity index (χ2n) is 12.2. The van der Waals surface area contributed by atoms with Crippen LogP contribution in [0, 0.1) is 11.7 Å². The highest BCUT2D eigenvalue weighted by atomic mass is 19.4. The molecule has 3 atom stereocenters. The van der Waals surface area contributed by atoms with E-state index in [2.05, 4.69) is 21.2 Å². The van der Waals surface area contributed by atoms with Crippen LogP contribution in [0.2, 0.25) is 0 Å². The topological polar surface area (TPSA) is 112 Å². The summed E-state index contributed by atoms with van der Waals surface area (Å²) in [6.45, 7) is 4.77. The van der Waals surface area contributed by atoms with Gasteiger partial charge in [-0.2, -0.15) is 13.2 Å². The van der Waals surface area contributed by atoms with Crippen LogP contribution in [0.1, 0.15) is 64.8 Å². The smallest absolute Gasteiger partial charge is 0.335 e. The number of rotatable bonds is 5. The van der Waals surface area contributed by atoms with Gasteiger partial charge in [0.05, 0.1) is 22.5 Å². The van der Waals surface area contributed by atoms with Crippen molar-refractivity contribution in [2.75, 3.05) is 32.7 Å². The molecule has 3 saturated heterocycles. The van der Waals surface area contributed by atoms with Gasteiger partial charge < -0.3 is 19.7 Å². The van der Waals surface area contributed by atoms with Crippen LogP contribution in [0.15, 0.2) is 36.4 Å². The summed E-state index contributed by atoms with van der Waals surface area (Å²) in [7, 11) is 0. The predicted molar refractivity (Wildman–Crippen MR) is 157 cm³/mol. The van der Waals surface area contributed by atoms with E-state index in [0.29, 0.717) is 6.42 Å². The van der Waals surface area contributed by atoms with Gasteiger partial charge in [-0.05, 0) is 75.5 Å². The van der Waals surface area contributed by atoms with E-state index < -0.39 is 29.8 Å². The minimum atomic E-state index is -4.64. The van der Waals surface area contributed by atoms with Crippen LogP contribution in [-0.2, 0) is 17.4 Å². The molecule has 3 amide bonds. The average molecular weight is 630 g/mol. The number of aromatic nitrogens is 2. The lowest BCUT2D eigenvalue weighted by Crippen LogP contribution is -2.67. The predicted octanol–water partition coefficient (Wildman–Crippen LogP) is 3.29. The van der Waals surface area contributed by atoms with E-state index in [-0.39, 0.29) is 78.2 Å². The number of nitrogens with one attached hydrogen (secondary N) is 3. The Hall–Kier alpha value is -4.04. The zero-order valence-electron chi connectivity index (χ0n) is 25.0. The van der Waals surface area contributed by atoms with E-state index in [1.807, 2.05) is 0 Å². The minimum Gasteiger partial charge on any atom is -0.335 e. The summed E-state index contributed by atoms with van der Waals surface area (Å²) in [4.78, 5) is 45.8. The van der Waals surface area contributed by atoms with E-state index in [0.717, 1.165) is 29.5 Å². The fourth-order valence-corrected chi connectivity index (χ4v) is 6.69. The maximum Gasteiger partial charge on any atom is 0.449 e. The number of hydrogen-bond donors (Lipinski definition) is 3. The van der Waals surface area contributed by atoms with Crippen molar-refractivity contribution in [2.45, 2.75) is 57.4 Å². The molecule has 10 nitrogen and oxygen atoms in total. The fraction of sp³-hybridized carbons (Fsp3) is 0.484. The Morgan fingerprint density at radius 1 is 1.02 bits per heavy atom. The van der Waals surface area contributed by atoms with Gasteiger partial charge >= 0.3 is 6.18 Å². The number of amides is 3. The Labute approximate surface area is 257 Å². The molecule has 0 bridgehead atoms. The molecule has 0 saturated carbocycles. The molecule has 2 aromatic carbocycles. The van der Waals surface area contributed by atoms with Crippen LogP contribution in [0.3, 0.4) is 0 Å². The molecule has 3 N–H and O–H groups in total. The Kier molecular flexibility index (Phi) is 8.29. The van der Waals surface area contributed by atoms with E-state index in [4.69, 9.17) is 0 Å². The van der Waals surface area contributed by atoms with Crippen molar-refractivity contribution >= 4 is 28.8 Å². The number of piperidine rings is 1. The number of piperazine rings is 1. The first-order valence-corrected chi connectivity index (χ1v) is 15.2. The molecule has 1 aromatic heterocycles. The Morgan fingerprint density at radius 2 is 1.73 bits per heavy atom. The van der Waals surface area contributed by atoms with Gasteiger partial charge in [-0.15, -0.1) is 0 Å². The van der Waals surface area contributed by atoms with Crippen molar-refractivity contribution in [3.8, 4) is 0 Å². The molecular weight excluding hydrogens is 594 g/mol. The normalized spacial score (nSPS) is 22.5. The van der Waals surface area contributed by atoms with Gasteiger partial charge in [-0.25, -0.2) is 14.8 Å². The molecule has 3 aliphatic heterocycles. The lowest BCUT2D eigenvalue weighted by atomic mass is 9.82. The molecule has 3 unspecified atom stereocenters. The summed E-state index contributed by atoms with van der Waals surface area (Å²) in [5, 5.41) is 3.42. The molecule has 14 heteroatoms. The molecule has 3 aromatic rings. The molecule has 3 fully saturated rings. The van der Waals surface area contributed by atoms with Crippen LogP contribution >= 0.6 is 0 Å². The minimum absolute atomic E-state index is 0.0471.